The van der Waals surface area contributed by atoms with Gasteiger partial charge in [-0.05, 0) is 30.2 Å². The molecule has 2 atom stereocenters. The normalized spacial score (nSPS) is 24.7. The van der Waals surface area contributed by atoms with Gasteiger partial charge in [-0.15, -0.1) is 0 Å². The molecule has 0 aromatic heterocycles. The lowest BCUT2D eigenvalue weighted by atomic mass is 9.79. The Kier molecular flexibility index (Phi) is 4.83. The van der Waals surface area contributed by atoms with Crippen LogP contribution in [-0.4, -0.2) is 37.6 Å². The van der Waals surface area contributed by atoms with Gasteiger partial charge in [-0.2, -0.15) is 4.31 Å². The molecule has 10 heteroatoms. The number of nitrogens with one attached hydrogen (secondary N) is 1. The minimum Gasteiger partial charge on any atom is -0.468 e. The average molecular weight is 493 g/mol. The van der Waals surface area contributed by atoms with E-state index < -0.39 is 39.3 Å². The van der Waals surface area contributed by atoms with Crippen LogP contribution in [0.15, 0.2) is 51.8 Å². The Hall–Kier alpha value is -2.56. The molecule has 1 spiro atoms. The highest BCUT2D eigenvalue weighted by atomic mass is 79.9. The quantitative estimate of drug-likeness (QED) is 0.395. The predicted octanol–water partition coefficient (Wildman–Crippen LogP) is 1.60. The van der Waals surface area contributed by atoms with Gasteiger partial charge in [-0.3, -0.25) is 19.7 Å². The van der Waals surface area contributed by atoms with Crippen molar-refractivity contribution in [2.75, 3.05) is 7.11 Å². The lowest BCUT2D eigenvalue weighted by Crippen LogP contribution is -2.54. The maximum absolute atomic E-state index is 13.5. The highest BCUT2D eigenvalue weighted by Gasteiger charge is 2.70. The number of carbonyl (C=O) groups is 3. The van der Waals surface area contributed by atoms with Crippen molar-refractivity contribution in [3.05, 3.63) is 63.6 Å². The molecule has 1 N–H and O–H groups in total. The Morgan fingerprint density at radius 2 is 1.93 bits per heavy atom. The third-order valence-electron chi connectivity index (χ3n) is 5.51. The van der Waals surface area contributed by atoms with E-state index in [0.29, 0.717) is 5.56 Å². The largest absolute Gasteiger partial charge is 0.468 e. The summed E-state index contributed by atoms with van der Waals surface area (Å²) < 4.78 is 33.5. The number of methoxy groups -OCH3 is 1. The number of esters is 1. The maximum Gasteiger partial charge on any atom is 0.321 e. The molecule has 30 heavy (non-hydrogen) atoms. The minimum absolute atomic E-state index is 0.0811. The summed E-state index contributed by atoms with van der Waals surface area (Å²) in [5.41, 5.74) is -0.507. The van der Waals surface area contributed by atoms with Crippen LogP contribution in [0.5, 0.6) is 0 Å². The molecule has 0 saturated carbocycles. The Morgan fingerprint density at radius 3 is 2.60 bits per heavy atom. The molecule has 0 bridgehead atoms. The van der Waals surface area contributed by atoms with Crippen LogP contribution in [0.1, 0.15) is 16.7 Å². The van der Waals surface area contributed by atoms with Crippen molar-refractivity contribution in [2.24, 2.45) is 5.92 Å². The highest BCUT2D eigenvalue weighted by Crippen LogP contribution is 2.52. The summed E-state index contributed by atoms with van der Waals surface area (Å²) >= 11 is 3.40. The van der Waals surface area contributed by atoms with Gasteiger partial charge in [0.25, 0.3) is 5.91 Å². The summed E-state index contributed by atoms with van der Waals surface area (Å²) in [4.78, 5) is 38.2. The van der Waals surface area contributed by atoms with E-state index in [2.05, 4.69) is 21.2 Å². The number of ether oxygens (including phenoxy) is 1. The number of nitrogens with zero attached hydrogens (tertiary/aromatic N) is 1. The number of rotatable bonds is 3. The van der Waals surface area contributed by atoms with Crippen molar-refractivity contribution in [2.45, 2.75) is 23.9 Å². The molecule has 2 heterocycles. The number of hydrogen-bond acceptors (Lipinski definition) is 6. The fraction of sp³-hybridized carbons (Fsp3) is 0.250. The first-order valence-electron chi connectivity index (χ1n) is 8.96. The van der Waals surface area contributed by atoms with E-state index in [1.807, 2.05) is 6.92 Å². The number of sulfonamides is 1. The van der Waals surface area contributed by atoms with Gasteiger partial charge in [0, 0.05) is 16.6 Å². The van der Waals surface area contributed by atoms with Crippen molar-refractivity contribution in [3.8, 4) is 0 Å². The summed E-state index contributed by atoms with van der Waals surface area (Å²) in [5, 5.41) is 2.14. The lowest BCUT2D eigenvalue weighted by molar-refractivity contribution is -0.154. The van der Waals surface area contributed by atoms with E-state index in [1.54, 1.807) is 24.3 Å². The molecule has 2 aliphatic rings. The topological polar surface area (TPSA) is 110 Å². The first-order chi connectivity index (χ1) is 14.1. The van der Waals surface area contributed by atoms with Gasteiger partial charge in [-0.1, -0.05) is 46.3 Å². The lowest BCUT2D eigenvalue weighted by Gasteiger charge is -2.34. The predicted molar refractivity (Wildman–Crippen MR) is 108 cm³/mol. The van der Waals surface area contributed by atoms with Crippen LogP contribution in [0.2, 0.25) is 0 Å². The Morgan fingerprint density at radius 1 is 1.23 bits per heavy atom. The smallest absolute Gasteiger partial charge is 0.321 e. The van der Waals surface area contributed by atoms with Crippen molar-refractivity contribution >= 4 is 43.7 Å². The van der Waals surface area contributed by atoms with Crippen LogP contribution in [0, 0.1) is 12.8 Å². The zero-order valence-corrected chi connectivity index (χ0v) is 18.4. The Bertz CT molecular complexity index is 1210. The molecule has 1 saturated heterocycles. The number of aryl methyl sites for hydroxylation is 1. The Labute approximate surface area is 181 Å². The zero-order valence-electron chi connectivity index (χ0n) is 16.0. The van der Waals surface area contributed by atoms with E-state index >= 15 is 0 Å². The van der Waals surface area contributed by atoms with Gasteiger partial charge in [0.15, 0.2) is 11.5 Å². The number of carbonyl (C=O) groups excluding carboxylic acids is 3. The van der Waals surface area contributed by atoms with Gasteiger partial charge in [0.2, 0.25) is 15.9 Å². The number of hydrogen-bond donors (Lipinski definition) is 1. The van der Waals surface area contributed by atoms with Crippen molar-refractivity contribution in [3.63, 3.8) is 0 Å². The summed E-state index contributed by atoms with van der Waals surface area (Å²) in [6, 6.07) is 11.2. The zero-order chi connectivity index (χ0) is 21.8. The standard InChI is InChI=1S/C20H17BrN2O6S/c1-11-9-12(7-8-14(11)21)10-23-20(13-5-3-4-6-15(13)30(23,27)28)16(18(25)29-2)17(24)22-19(20)26/h3-9,16H,10H2,1-2H3,(H,22,24,26). The fourth-order valence-electron chi connectivity index (χ4n) is 4.16. The number of benzene rings is 2. The second-order valence-corrected chi connectivity index (χ2v) is 9.82. The molecule has 4 rings (SSSR count). The molecule has 2 aliphatic heterocycles. The van der Waals surface area contributed by atoms with Crippen LogP contribution in [-0.2, 0) is 41.2 Å². The monoisotopic (exact) mass is 492 g/mol. The molecular weight excluding hydrogens is 476 g/mol. The molecular formula is C20H17BrN2O6S. The Balaban J connectivity index is 1.99. The number of fused-ring (bicyclic) bond motifs is 2. The first kappa shape index (κ1) is 20.7. The van der Waals surface area contributed by atoms with E-state index in [0.717, 1.165) is 21.5 Å². The average Bonchev–Trinajstić information content (AvgIpc) is 3.08. The minimum atomic E-state index is -4.19. The maximum atomic E-state index is 13.5. The summed E-state index contributed by atoms with van der Waals surface area (Å²) in [6.07, 6.45) is 0. The number of amides is 2. The van der Waals surface area contributed by atoms with Crippen LogP contribution in [0.25, 0.3) is 0 Å². The first-order valence-corrected chi connectivity index (χ1v) is 11.2. The van der Waals surface area contributed by atoms with Gasteiger partial charge in [0.05, 0.1) is 12.0 Å². The third-order valence-corrected chi connectivity index (χ3v) is 8.31. The van der Waals surface area contributed by atoms with E-state index in [1.165, 1.54) is 18.2 Å². The third kappa shape index (κ3) is 2.67. The molecule has 156 valence electrons. The molecule has 2 aromatic carbocycles. The second-order valence-electron chi connectivity index (χ2n) is 7.13. The molecule has 2 aromatic rings. The van der Waals surface area contributed by atoms with Crippen molar-refractivity contribution in [1.29, 1.82) is 0 Å². The molecule has 8 nitrogen and oxygen atoms in total. The second kappa shape index (κ2) is 7.00. The van der Waals surface area contributed by atoms with Gasteiger partial charge >= 0.3 is 5.97 Å². The summed E-state index contributed by atoms with van der Waals surface area (Å²) in [7, 11) is -3.10. The highest BCUT2D eigenvalue weighted by molar-refractivity contribution is 9.10. The van der Waals surface area contributed by atoms with E-state index in [9.17, 15) is 22.8 Å². The molecule has 2 amide bonds. The van der Waals surface area contributed by atoms with Crippen LogP contribution < -0.4 is 5.32 Å². The van der Waals surface area contributed by atoms with Crippen molar-refractivity contribution in [1.82, 2.24) is 9.62 Å². The molecule has 0 aliphatic carbocycles. The molecule has 2 unspecified atom stereocenters. The molecule has 0 radical (unpaired) electrons. The van der Waals surface area contributed by atoms with Gasteiger partial charge in [-0.25, -0.2) is 8.42 Å². The van der Waals surface area contributed by atoms with Gasteiger partial charge in [0.1, 0.15) is 0 Å². The number of halogens is 1. The summed E-state index contributed by atoms with van der Waals surface area (Å²) in [6.45, 7) is 1.64. The fourth-order valence-corrected chi connectivity index (χ4v) is 6.38. The van der Waals surface area contributed by atoms with Crippen molar-refractivity contribution < 1.29 is 27.5 Å². The SMILES string of the molecule is COC(=O)C1C(=O)NC(=O)C12c1ccccc1S(=O)(=O)N2Cc1ccc(Br)c(C)c1. The van der Waals surface area contributed by atoms with Crippen LogP contribution in [0.4, 0.5) is 0 Å². The number of imide groups is 1. The van der Waals surface area contributed by atoms with E-state index in [-0.39, 0.29) is 17.0 Å². The van der Waals surface area contributed by atoms with Crippen LogP contribution >= 0.6 is 15.9 Å². The van der Waals surface area contributed by atoms with Crippen LogP contribution in [0.3, 0.4) is 0 Å². The van der Waals surface area contributed by atoms with Gasteiger partial charge < -0.3 is 4.74 Å². The summed E-state index contributed by atoms with van der Waals surface area (Å²) in [5.74, 6) is -4.41. The van der Waals surface area contributed by atoms with E-state index in [4.69, 9.17) is 4.74 Å². The molecule has 1 fully saturated rings.